The van der Waals surface area contributed by atoms with Gasteiger partial charge in [-0.2, -0.15) is 0 Å². The van der Waals surface area contributed by atoms with E-state index in [4.69, 9.17) is 9.57 Å². The molecule has 2 atom stereocenters. The lowest BCUT2D eigenvalue weighted by atomic mass is 10.0. The molecule has 0 aromatic heterocycles. The highest BCUT2D eigenvalue weighted by atomic mass is 16.7. The third kappa shape index (κ3) is 4.48. The summed E-state index contributed by atoms with van der Waals surface area (Å²) < 4.78 is 5.05. The van der Waals surface area contributed by atoms with Gasteiger partial charge in [0.1, 0.15) is 11.6 Å². The van der Waals surface area contributed by atoms with E-state index in [-0.39, 0.29) is 19.2 Å². The third-order valence-electron chi connectivity index (χ3n) is 3.69. The highest BCUT2D eigenvalue weighted by Gasteiger charge is 2.46. The first-order valence-corrected chi connectivity index (χ1v) is 7.86. The summed E-state index contributed by atoms with van der Waals surface area (Å²) in [7, 11) is 0. The average Bonchev–Trinajstić information content (AvgIpc) is 2.70. The van der Waals surface area contributed by atoms with Gasteiger partial charge in [-0.25, -0.2) is 20.1 Å². The maximum absolute atomic E-state index is 12.1. The summed E-state index contributed by atoms with van der Waals surface area (Å²) >= 11 is 0. The van der Waals surface area contributed by atoms with E-state index in [2.05, 4.69) is 10.8 Å². The van der Waals surface area contributed by atoms with Gasteiger partial charge in [0, 0.05) is 13.1 Å². The molecule has 136 valence electrons. The van der Waals surface area contributed by atoms with Gasteiger partial charge in [0.25, 0.3) is 5.91 Å². The van der Waals surface area contributed by atoms with Crippen LogP contribution in [0.15, 0.2) is 0 Å². The number of ether oxygens (including phenoxy) is 1. The molecule has 0 aromatic carbocycles. The van der Waals surface area contributed by atoms with Crippen molar-refractivity contribution in [2.45, 2.75) is 51.3 Å². The minimum atomic E-state index is -0.662. The Kier molecular flexibility index (Phi) is 5.50. The number of rotatable bonds is 5. The maximum atomic E-state index is 12.1. The first-order valence-electron chi connectivity index (χ1n) is 7.86. The van der Waals surface area contributed by atoms with Crippen LogP contribution in [0.2, 0.25) is 0 Å². The quantitative estimate of drug-likeness (QED) is 0.373. The van der Waals surface area contributed by atoms with Crippen LogP contribution in [-0.2, 0) is 14.4 Å². The first kappa shape index (κ1) is 18.3. The molecule has 24 heavy (non-hydrogen) atoms. The lowest BCUT2D eigenvalue weighted by molar-refractivity contribution is -0.138. The van der Waals surface area contributed by atoms with Crippen molar-refractivity contribution in [1.82, 2.24) is 20.8 Å². The molecule has 2 unspecified atom stereocenters. The lowest BCUT2D eigenvalue weighted by Gasteiger charge is -2.28. The van der Waals surface area contributed by atoms with Gasteiger partial charge in [0.05, 0.1) is 12.6 Å². The highest BCUT2D eigenvalue weighted by molar-refractivity contribution is 5.87. The molecular weight excluding hydrogens is 320 g/mol. The van der Waals surface area contributed by atoms with Crippen LogP contribution in [0.1, 0.15) is 33.6 Å². The molecule has 0 aliphatic carbocycles. The number of hydrogen-bond acceptors (Lipinski definition) is 6. The summed E-state index contributed by atoms with van der Waals surface area (Å²) in [4.78, 5) is 41.6. The van der Waals surface area contributed by atoms with E-state index in [0.717, 1.165) is 0 Å². The zero-order valence-corrected chi connectivity index (χ0v) is 14.1. The number of urea groups is 1. The molecule has 2 aliphatic rings. The van der Waals surface area contributed by atoms with Gasteiger partial charge in [0.2, 0.25) is 0 Å². The molecule has 0 aromatic rings. The monoisotopic (exact) mass is 344 g/mol. The Bertz CT molecular complexity index is 506. The van der Waals surface area contributed by atoms with Crippen LogP contribution in [0.5, 0.6) is 0 Å². The average molecular weight is 344 g/mol. The summed E-state index contributed by atoms with van der Waals surface area (Å²) in [5.74, 6) is -0.450. The molecule has 0 radical (unpaired) electrons. The van der Waals surface area contributed by atoms with Crippen molar-refractivity contribution in [1.29, 1.82) is 0 Å². The number of amides is 4. The molecular formula is C14H24N4O6. The number of fused-ring (bicyclic) bond motifs is 2. The fraction of sp³-hybridized carbons (Fsp3) is 0.786. The van der Waals surface area contributed by atoms with Gasteiger partial charge < -0.3 is 15.0 Å². The second-order valence-electron chi connectivity index (χ2n) is 6.77. The predicted molar refractivity (Wildman–Crippen MR) is 80.9 cm³/mol. The summed E-state index contributed by atoms with van der Waals surface area (Å²) in [6.45, 7) is 5.81. The SMILES string of the molecule is CC(C)(C)OC(=O)NCCONC(=O)C1CCC2CN1C(=O)N2O. The number of nitrogens with one attached hydrogen (secondary N) is 2. The van der Waals surface area contributed by atoms with E-state index in [9.17, 15) is 19.6 Å². The van der Waals surface area contributed by atoms with Crippen molar-refractivity contribution in [3.05, 3.63) is 0 Å². The van der Waals surface area contributed by atoms with E-state index in [0.29, 0.717) is 24.4 Å². The van der Waals surface area contributed by atoms with Gasteiger partial charge in [-0.1, -0.05) is 0 Å². The van der Waals surface area contributed by atoms with Crippen molar-refractivity contribution < 1.29 is 29.2 Å². The van der Waals surface area contributed by atoms with Crippen LogP contribution >= 0.6 is 0 Å². The zero-order valence-electron chi connectivity index (χ0n) is 14.1. The van der Waals surface area contributed by atoms with Crippen LogP contribution in [0.25, 0.3) is 0 Å². The maximum Gasteiger partial charge on any atom is 0.407 e. The fourth-order valence-electron chi connectivity index (χ4n) is 2.63. The molecule has 10 heteroatoms. The lowest BCUT2D eigenvalue weighted by Crippen LogP contribution is -2.50. The Morgan fingerprint density at radius 2 is 2.04 bits per heavy atom. The molecule has 4 amide bonds. The van der Waals surface area contributed by atoms with E-state index >= 15 is 0 Å². The van der Waals surface area contributed by atoms with Crippen LogP contribution in [-0.4, -0.2) is 70.6 Å². The van der Waals surface area contributed by atoms with Crippen molar-refractivity contribution in [2.24, 2.45) is 0 Å². The minimum absolute atomic E-state index is 0.0560. The zero-order chi connectivity index (χ0) is 17.9. The smallest absolute Gasteiger partial charge is 0.407 e. The van der Waals surface area contributed by atoms with E-state index in [1.165, 1.54) is 4.90 Å². The summed E-state index contributed by atoms with van der Waals surface area (Å²) in [6, 6.07) is -1.48. The minimum Gasteiger partial charge on any atom is -0.444 e. The Hall–Kier alpha value is -2.07. The number of piperidine rings is 1. The van der Waals surface area contributed by atoms with E-state index < -0.39 is 29.7 Å². The Balaban J connectivity index is 1.65. The van der Waals surface area contributed by atoms with Crippen LogP contribution in [0.4, 0.5) is 9.59 Å². The molecule has 2 heterocycles. The summed E-state index contributed by atoms with van der Waals surface area (Å²) in [5, 5.41) is 12.7. The topological polar surface area (TPSA) is 120 Å². The van der Waals surface area contributed by atoms with E-state index in [1.807, 2.05) is 0 Å². The Labute approximate surface area is 140 Å². The Morgan fingerprint density at radius 3 is 2.71 bits per heavy atom. The van der Waals surface area contributed by atoms with Crippen molar-refractivity contribution >= 4 is 18.0 Å². The third-order valence-corrected chi connectivity index (χ3v) is 3.69. The largest absolute Gasteiger partial charge is 0.444 e. The van der Waals surface area contributed by atoms with Gasteiger partial charge in [-0.05, 0) is 33.6 Å². The van der Waals surface area contributed by atoms with Gasteiger partial charge in [-0.3, -0.25) is 14.8 Å². The van der Waals surface area contributed by atoms with Crippen LogP contribution in [0, 0.1) is 0 Å². The second-order valence-corrected chi connectivity index (χ2v) is 6.77. The molecule has 0 saturated carbocycles. The number of alkyl carbamates (subject to hydrolysis) is 1. The Morgan fingerprint density at radius 1 is 1.33 bits per heavy atom. The molecule has 2 rings (SSSR count). The van der Waals surface area contributed by atoms with Gasteiger partial charge in [0.15, 0.2) is 0 Å². The standard InChI is InChI=1S/C14H24N4O6/c1-14(2,3)24-12(20)15-6-7-23-16-11(19)10-5-4-9-8-17(10)13(21)18(9)22/h9-10,22H,4-8H2,1-3H3,(H,15,20)(H,16,19). The van der Waals surface area contributed by atoms with Crippen LogP contribution in [0.3, 0.4) is 0 Å². The number of hydroxylamine groups is 3. The molecule has 10 nitrogen and oxygen atoms in total. The molecule has 2 aliphatic heterocycles. The summed E-state index contributed by atoms with van der Waals surface area (Å²) in [5.41, 5.74) is 1.68. The second kappa shape index (κ2) is 7.22. The molecule has 2 saturated heterocycles. The first-order chi connectivity index (χ1) is 11.2. The summed E-state index contributed by atoms with van der Waals surface area (Å²) in [6.07, 6.45) is 0.442. The molecule has 2 bridgehead atoms. The predicted octanol–water partition coefficient (Wildman–Crippen LogP) is 0.217. The van der Waals surface area contributed by atoms with E-state index in [1.54, 1.807) is 20.8 Å². The van der Waals surface area contributed by atoms with Crippen LogP contribution < -0.4 is 10.8 Å². The number of hydrogen-bond donors (Lipinski definition) is 3. The van der Waals surface area contributed by atoms with Crippen molar-refractivity contribution in [2.75, 3.05) is 19.7 Å². The number of carbonyl (C=O) groups is 3. The molecule has 2 fully saturated rings. The highest BCUT2D eigenvalue weighted by Crippen LogP contribution is 2.28. The molecule has 3 N–H and O–H groups in total. The normalized spacial score (nSPS) is 23.2. The molecule has 0 spiro atoms. The number of carbonyl (C=O) groups excluding carboxylic acids is 3. The van der Waals surface area contributed by atoms with Gasteiger partial charge >= 0.3 is 12.1 Å². The number of nitrogens with zero attached hydrogens (tertiary/aromatic N) is 2. The fourth-order valence-corrected chi connectivity index (χ4v) is 2.63. The van der Waals surface area contributed by atoms with Gasteiger partial charge in [-0.15, -0.1) is 0 Å². The van der Waals surface area contributed by atoms with Crippen molar-refractivity contribution in [3.63, 3.8) is 0 Å². The van der Waals surface area contributed by atoms with Crippen molar-refractivity contribution in [3.8, 4) is 0 Å².